The summed E-state index contributed by atoms with van der Waals surface area (Å²) in [5.41, 5.74) is 8.35. The Hall–Kier alpha value is -2.14. The number of carbonyl (C=O) groups is 2. The number of nitrogens with two attached hydrogens (primary N) is 1. The number of fused-ring (bicyclic) bond motifs is 1. The van der Waals surface area contributed by atoms with Crippen molar-refractivity contribution in [1.82, 2.24) is 0 Å². The Balaban J connectivity index is 2.16. The summed E-state index contributed by atoms with van der Waals surface area (Å²) in [6.07, 6.45) is 0. The predicted molar refractivity (Wildman–Crippen MR) is 80.9 cm³/mol. The van der Waals surface area contributed by atoms with Crippen LogP contribution < -0.4 is 10.6 Å². The number of hydrogen-bond acceptors (Lipinski definition) is 3. The number of benzene rings is 2. The summed E-state index contributed by atoms with van der Waals surface area (Å²) in [7, 11) is 0. The largest absolute Gasteiger partial charge is 0.399 e. The summed E-state index contributed by atoms with van der Waals surface area (Å²) < 4.78 is 0.814. The van der Waals surface area contributed by atoms with E-state index in [1.807, 2.05) is 19.1 Å². The second kappa shape index (κ2) is 4.45. The number of amides is 2. The topological polar surface area (TPSA) is 63.4 Å². The molecule has 0 aliphatic carbocycles. The van der Waals surface area contributed by atoms with Gasteiger partial charge in [-0.25, -0.2) is 4.90 Å². The van der Waals surface area contributed by atoms with Crippen LogP contribution in [0.2, 0.25) is 0 Å². The van der Waals surface area contributed by atoms with Crippen LogP contribution in [0.25, 0.3) is 0 Å². The van der Waals surface area contributed by atoms with E-state index in [9.17, 15) is 9.59 Å². The summed E-state index contributed by atoms with van der Waals surface area (Å²) in [6.45, 7) is 1.86. The second-order valence-corrected chi connectivity index (χ2v) is 5.60. The number of imide groups is 1. The molecule has 2 aromatic carbocycles. The van der Waals surface area contributed by atoms with Gasteiger partial charge in [-0.15, -0.1) is 0 Å². The van der Waals surface area contributed by atoms with Crippen molar-refractivity contribution in [2.45, 2.75) is 6.92 Å². The molecule has 0 atom stereocenters. The van der Waals surface area contributed by atoms with Crippen molar-refractivity contribution in [3.8, 4) is 0 Å². The van der Waals surface area contributed by atoms with Gasteiger partial charge >= 0.3 is 0 Å². The molecule has 1 aliphatic rings. The minimum atomic E-state index is -0.335. The highest BCUT2D eigenvalue weighted by Gasteiger charge is 2.37. The number of nitrogens with zero attached hydrogens (tertiary/aromatic N) is 1. The molecule has 0 aromatic heterocycles. The van der Waals surface area contributed by atoms with Crippen LogP contribution in [0.15, 0.2) is 40.9 Å². The van der Waals surface area contributed by atoms with E-state index >= 15 is 0 Å². The number of nitrogen functional groups attached to an aromatic ring is 1. The number of carbonyl (C=O) groups excluding carboxylic acids is 2. The normalized spacial score (nSPS) is 13.8. The van der Waals surface area contributed by atoms with Crippen LogP contribution in [-0.2, 0) is 0 Å². The smallest absolute Gasteiger partial charge is 0.266 e. The number of aryl methyl sites for hydroxylation is 1. The fourth-order valence-corrected chi connectivity index (χ4v) is 2.65. The average molecular weight is 331 g/mol. The highest BCUT2D eigenvalue weighted by atomic mass is 79.9. The molecule has 20 heavy (non-hydrogen) atoms. The van der Waals surface area contributed by atoms with Gasteiger partial charge in [0.25, 0.3) is 11.8 Å². The van der Waals surface area contributed by atoms with Gasteiger partial charge in [-0.3, -0.25) is 9.59 Å². The van der Waals surface area contributed by atoms with E-state index < -0.39 is 0 Å². The quantitative estimate of drug-likeness (QED) is 0.645. The second-order valence-electron chi connectivity index (χ2n) is 4.68. The van der Waals surface area contributed by atoms with Crippen LogP contribution in [0.3, 0.4) is 0 Å². The molecule has 0 radical (unpaired) electrons. The molecule has 2 amide bonds. The average Bonchev–Trinajstić information content (AvgIpc) is 2.65. The summed E-state index contributed by atoms with van der Waals surface area (Å²) in [5.74, 6) is -0.648. The van der Waals surface area contributed by atoms with Crippen molar-refractivity contribution in [3.05, 3.63) is 57.6 Å². The van der Waals surface area contributed by atoms with Gasteiger partial charge in [0.05, 0.1) is 16.8 Å². The van der Waals surface area contributed by atoms with Crippen LogP contribution >= 0.6 is 15.9 Å². The maximum absolute atomic E-state index is 12.5. The lowest BCUT2D eigenvalue weighted by molar-refractivity contribution is 0.0926. The first-order chi connectivity index (χ1) is 9.49. The summed E-state index contributed by atoms with van der Waals surface area (Å²) in [5, 5.41) is 0. The summed E-state index contributed by atoms with van der Waals surface area (Å²) in [4.78, 5) is 26.1. The minimum Gasteiger partial charge on any atom is -0.399 e. The molecular formula is C15H11BrN2O2. The fraction of sp³-hybridized carbons (Fsp3) is 0.0667. The molecule has 5 heteroatoms. The molecule has 1 aliphatic heterocycles. The molecule has 0 saturated carbocycles. The van der Waals surface area contributed by atoms with Gasteiger partial charge in [0.2, 0.25) is 0 Å². The Kier molecular flexibility index (Phi) is 2.87. The van der Waals surface area contributed by atoms with Gasteiger partial charge in [0.15, 0.2) is 0 Å². The highest BCUT2D eigenvalue weighted by Crippen LogP contribution is 2.33. The van der Waals surface area contributed by atoms with Gasteiger partial charge in [-0.05, 0) is 42.8 Å². The molecule has 3 rings (SSSR count). The third-order valence-corrected chi connectivity index (χ3v) is 3.82. The van der Waals surface area contributed by atoms with E-state index in [0.717, 1.165) is 10.0 Å². The zero-order valence-electron chi connectivity index (χ0n) is 10.7. The van der Waals surface area contributed by atoms with Crippen LogP contribution in [0.5, 0.6) is 0 Å². The van der Waals surface area contributed by atoms with Gasteiger partial charge in [0.1, 0.15) is 0 Å². The third-order valence-electron chi connectivity index (χ3n) is 3.32. The van der Waals surface area contributed by atoms with E-state index in [4.69, 9.17) is 5.73 Å². The number of rotatable bonds is 1. The molecule has 0 unspecified atom stereocenters. The summed E-state index contributed by atoms with van der Waals surface area (Å²) in [6, 6.07) is 10.3. The lowest BCUT2D eigenvalue weighted by atomic mass is 10.1. The van der Waals surface area contributed by atoms with Crippen molar-refractivity contribution in [2.75, 3.05) is 10.6 Å². The molecule has 2 aromatic rings. The highest BCUT2D eigenvalue weighted by molar-refractivity contribution is 9.10. The maximum Gasteiger partial charge on any atom is 0.266 e. The first-order valence-electron chi connectivity index (χ1n) is 6.03. The van der Waals surface area contributed by atoms with E-state index in [0.29, 0.717) is 22.5 Å². The molecule has 0 saturated heterocycles. The zero-order valence-corrected chi connectivity index (χ0v) is 12.3. The van der Waals surface area contributed by atoms with Crippen molar-refractivity contribution in [3.63, 3.8) is 0 Å². The third kappa shape index (κ3) is 1.82. The van der Waals surface area contributed by atoms with Crippen molar-refractivity contribution < 1.29 is 9.59 Å². The Morgan fingerprint density at radius 1 is 1.00 bits per heavy atom. The Labute approximate surface area is 124 Å². The van der Waals surface area contributed by atoms with E-state index in [1.165, 1.54) is 4.90 Å². The van der Waals surface area contributed by atoms with E-state index in [-0.39, 0.29) is 11.8 Å². The Morgan fingerprint density at radius 2 is 1.70 bits per heavy atom. The number of hydrogen-bond donors (Lipinski definition) is 1. The van der Waals surface area contributed by atoms with Crippen LogP contribution in [0.4, 0.5) is 11.4 Å². The minimum absolute atomic E-state index is 0.314. The van der Waals surface area contributed by atoms with Gasteiger partial charge in [0, 0.05) is 10.2 Å². The molecule has 0 fully saturated rings. The lowest BCUT2D eigenvalue weighted by Crippen LogP contribution is -2.30. The first kappa shape index (κ1) is 12.9. The SMILES string of the molecule is Cc1ccc(Br)cc1N1C(=O)c2ccc(N)cc2C1=O. The van der Waals surface area contributed by atoms with Crippen molar-refractivity contribution in [2.24, 2.45) is 0 Å². The van der Waals surface area contributed by atoms with Crippen LogP contribution in [0, 0.1) is 6.92 Å². The Morgan fingerprint density at radius 3 is 2.45 bits per heavy atom. The van der Waals surface area contributed by atoms with Crippen LogP contribution in [-0.4, -0.2) is 11.8 Å². The maximum atomic E-state index is 12.5. The predicted octanol–water partition coefficient (Wildman–Crippen LogP) is 3.14. The van der Waals surface area contributed by atoms with Crippen molar-refractivity contribution in [1.29, 1.82) is 0 Å². The summed E-state index contributed by atoms with van der Waals surface area (Å²) >= 11 is 3.36. The first-order valence-corrected chi connectivity index (χ1v) is 6.83. The molecule has 2 N–H and O–H groups in total. The monoisotopic (exact) mass is 330 g/mol. The van der Waals surface area contributed by atoms with Gasteiger partial charge < -0.3 is 5.73 Å². The number of anilines is 2. The molecule has 4 nitrogen and oxygen atoms in total. The molecular weight excluding hydrogens is 320 g/mol. The lowest BCUT2D eigenvalue weighted by Gasteiger charge is -2.16. The molecule has 0 bridgehead atoms. The van der Waals surface area contributed by atoms with Gasteiger partial charge in [-0.1, -0.05) is 22.0 Å². The van der Waals surface area contributed by atoms with Crippen molar-refractivity contribution >= 4 is 39.1 Å². The van der Waals surface area contributed by atoms with E-state index in [1.54, 1.807) is 24.3 Å². The zero-order chi connectivity index (χ0) is 14.4. The van der Waals surface area contributed by atoms with Crippen LogP contribution in [0.1, 0.15) is 26.3 Å². The molecule has 1 heterocycles. The molecule has 0 spiro atoms. The molecule has 100 valence electrons. The van der Waals surface area contributed by atoms with E-state index in [2.05, 4.69) is 15.9 Å². The number of halogens is 1. The fourth-order valence-electron chi connectivity index (χ4n) is 2.30. The Bertz CT molecular complexity index is 756. The van der Waals surface area contributed by atoms with Gasteiger partial charge in [-0.2, -0.15) is 0 Å². The standard InChI is InChI=1S/C15H11BrN2O2/c1-8-2-3-9(16)6-13(8)18-14(19)11-5-4-10(17)7-12(11)15(18)20/h2-7H,17H2,1H3.